The number of hydrogen-bond acceptors (Lipinski definition) is 5. The largest absolute Gasteiger partial charge is 0.497 e. The second-order valence-corrected chi connectivity index (χ2v) is 5.20. The number of rotatable bonds is 7. The normalized spacial score (nSPS) is 10.0. The summed E-state index contributed by atoms with van der Waals surface area (Å²) < 4.78 is 27.9. The van der Waals surface area contributed by atoms with Crippen molar-refractivity contribution in [3.63, 3.8) is 0 Å². The minimum Gasteiger partial charge on any atom is -0.497 e. The Morgan fingerprint density at radius 2 is 1.76 bits per heavy atom. The molecular formula is C17H15ClFNO5. The molecule has 0 aliphatic carbocycles. The molecule has 2 aromatic rings. The predicted molar refractivity (Wildman–Crippen MR) is 89.5 cm³/mol. The van der Waals surface area contributed by atoms with Gasteiger partial charge in [-0.05, 0) is 42.5 Å². The van der Waals surface area contributed by atoms with Crippen LogP contribution in [0, 0.1) is 5.82 Å². The van der Waals surface area contributed by atoms with Gasteiger partial charge < -0.3 is 19.5 Å². The Bertz CT molecular complexity index is 751. The van der Waals surface area contributed by atoms with Gasteiger partial charge in [0.1, 0.15) is 17.3 Å². The topological polar surface area (TPSA) is 73.9 Å². The lowest BCUT2D eigenvalue weighted by molar-refractivity contribution is -0.149. The minimum atomic E-state index is -0.712. The van der Waals surface area contributed by atoms with Crippen LogP contribution in [0.15, 0.2) is 42.5 Å². The van der Waals surface area contributed by atoms with Crippen LogP contribution in [0.5, 0.6) is 11.5 Å². The van der Waals surface area contributed by atoms with Crippen molar-refractivity contribution >= 4 is 29.2 Å². The van der Waals surface area contributed by atoms with E-state index in [0.717, 1.165) is 12.1 Å². The van der Waals surface area contributed by atoms with Crippen LogP contribution in [0.4, 0.5) is 10.1 Å². The summed E-state index contributed by atoms with van der Waals surface area (Å²) in [7, 11) is 1.54. The zero-order chi connectivity index (χ0) is 18.2. The molecule has 132 valence electrons. The van der Waals surface area contributed by atoms with Crippen LogP contribution in [0.2, 0.25) is 5.02 Å². The van der Waals surface area contributed by atoms with Crippen molar-refractivity contribution < 1.29 is 28.2 Å². The Morgan fingerprint density at radius 3 is 2.40 bits per heavy atom. The summed E-state index contributed by atoms with van der Waals surface area (Å²) in [6.45, 7) is -0.866. The number of carbonyl (C=O) groups is 2. The van der Waals surface area contributed by atoms with E-state index in [4.69, 9.17) is 25.8 Å². The lowest BCUT2D eigenvalue weighted by atomic mass is 10.3. The van der Waals surface area contributed by atoms with Crippen molar-refractivity contribution in [1.82, 2.24) is 0 Å². The molecule has 1 amide bonds. The van der Waals surface area contributed by atoms with Crippen molar-refractivity contribution in [2.75, 3.05) is 25.6 Å². The van der Waals surface area contributed by atoms with Gasteiger partial charge in [-0.15, -0.1) is 0 Å². The molecule has 2 aromatic carbocycles. The Kier molecular flexibility index (Phi) is 6.59. The third-order valence-corrected chi connectivity index (χ3v) is 3.30. The molecule has 0 radical (unpaired) electrons. The molecule has 0 heterocycles. The monoisotopic (exact) mass is 367 g/mol. The highest BCUT2D eigenvalue weighted by atomic mass is 35.5. The summed E-state index contributed by atoms with van der Waals surface area (Å²) in [6.07, 6.45) is 0. The Labute approximate surface area is 148 Å². The van der Waals surface area contributed by atoms with Crippen molar-refractivity contribution in [2.45, 2.75) is 0 Å². The van der Waals surface area contributed by atoms with Gasteiger partial charge in [-0.25, -0.2) is 9.18 Å². The van der Waals surface area contributed by atoms with Crippen LogP contribution in [0.25, 0.3) is 0 Å². The smallest absolute Gasteiger partial charge is 0.344 e. The average Bonchev–Trinajstić information content (AvgIpc) is 2.61. The van der Waals surface area contributed by atoms with Crippen LogP contribution in [-0.4, -0.2) is 32.2 Å². The maximum absolute atomic E-state index is 12.9. The van der Waals surface area contributed by atoms with Crippen molar-refractivity contribution in [2.24, 2.45) is 0 Å². The predicted octanol–water partition coefficient (Wildman–Crippen LogP) is 3.05. The molecule has 0 aliphatic heterocycles. The first kappa shape index (κ1) is 18.5. The van der Waals surface area contributed by atoms with Crippen LogP contribution in [-0.2, 0) is 14.3 Å². The van der Waals surface area contributed by atoms with E-state index in [1.165, 1.54) is 13.2 Å². The first-order valence-corrected chi connectivity index (χ1v) is 7.53. The Hall–Kier alpha value is -2.80. The van der Waals surface area contributed by atoms with Crippen LogP contribution >= 0.6 is 11.6 Å². The summed E-state index contributed by atoms with van der Waals surface area (Å²) >= 11 is 5.78. The number of carbonyl (C=O) groups excluding carboxylic acids is 2. The van der Waals surface area contributed by atoms with E-state index in [2.05, 4.69) is 5.32 Å². The maximum Gasteiger partial charge on any atom is 0.344 e. The van der Waals surface area contributed by atoms with E-state index >= 15 is 0 Å². The molecule has 6 nitrogen and oxygen atoms in total. The third kappa shape index (κ3) is 5.96. The number of methoxy groups -OCH3 is 1. The van der Waals surface area contributed by atoms with Gasteiger partial charge in [-0.2, -0.15) is 0 Å². The van der Waals surface area contributed by atoms with Gasteiger partial charge in [0, 0.05) is 0 Å². The molecule has 0 atom stereocenters. The van der Waals surface area contributed by atoms with Gasteiger partial charge >= 0.3 is 5.97 Å². The van der Waals surface area contributed by atoms with Gasteiger partial charge in [0.25, 0.3) is 5.91 Å². The number of ether oxygens (including phenoxy) is 3. The number of esters is 1. The molecule has 2 rings (SSSR count). The van der Waals surface area contributed by atoms with Crippen molar-refractivity contribution in [3.8, 4) is 11.5 Å². The molecule has 0 spiro atoms. The molecule has 1 N–H and O–H groups in total. The van der Waals surface area contributed by atoms with Crippen LogP contribution in [0.1, 0.15) is 0 Å². The molecule has 25 heavy (non-hydrogen) atoms. The van der Waals surface area contributed by atoms with E-state index in [1.54, 1.807) is 24.3 Å². The number of benzene rings is 2. The van der Waals surface area contributed by atoms with Crippen molar-refractivity contribution in [1.29, 1.82) is 0 Å². The lowest BCUT2D eigenvalue weighted by Crippen LogP contribution is -2.23. The average molecular weight is 368 g/mol. The van der Waals surface area contributed by atoms with Gasteiger partial charge in [0.2, 0.25) is 0 Å². The third-order valence-electron chi connectivity index (χ3n) is 2.99. The number of amides is 1. The van der Waals surface area contributed by atoms with Crippen molar-refractivity contribution in [3.05, 3.63) is 53.3 Å². The molecular weight excluding hydrogens is 353 g/mol. The molecule has 0 unspecified atom stereocenters. The quantitative estimate of drug-likeness (QED) is 0.761. The van der Waals surface area contributed by atoms with E-state index in [0.29, 0.717) is 11.5 Å². The molecule has 0 fully saturated rings. The van der Waals surface area contributed by atoms with Crippen LogP contribution < -0.4 is 14.8 Å². The van der Waals surface area contributed by atoms with E-state index in [1.807, 2.05) is 0 Å². The van der Waals surface area contributed by atoms with E-state index in [9.17, 15) is 14.0 Å². The molecule has 0 aromatic heterocycles. The fourth-order valence-corrected chi connectivity index (χ4v) is 1.99. The fraction of sp³-hybridized carbons (Fsp3) is 0.176. The number of halogens is 2. The van der Waals surface area contributed by atoms with Gasteiger partial charge in [0.05, 0.1) is 17.8 Å². The zero-order valence-electron chi connectivity index (χ0n) is 13.3. The highest BCUT2D eigenvalue weighted by Gasteiger charge is 2.11. The SMILES string of the molecule is COc1ccc(OCC(=O)OCC(=O)Nc2ccc(F)cc2Cl)cc1. The summed E-state index contributed by atoms with van der Waals surface area (Å²) in [5, 5.41) is 2.45. The van der Waals surface area contributed by atoms with Gasteiger partial charge in [-0.3, -0.25) is 4.79 Å². The van der Waals surface area contributed by atoms with Gasteiger partial charge in [0.15, 0.2) is 13.2 Å². The lowest BCUT2D eigenvalue weighted by Gasteiger charge is -2.09. The second kappa shape index (κ2) is 8.89. The first-order chi connectivity index (χ1) is 12.0. The zero-order valence-corrected chi connectivity index (χ0v) is 14.0. The van der Waals surface area contributed by atoms with E-state index < -0.39 is 24.3 Å². The minimum absolute atomic E-state index is 0.0440. The Morgan fingerprint density at radius 1 is 1.08 bits per heavy atom. The first-order valence-electron chi connectivity index (χ1n) is 7.15. The molecule has 8 heteroatoms. The fourth-order valence-electron chi connectivity index (χ4n) is 1.78. The standard InChI is InChI=1S/C17H15ClFNO5/c1-23-12-3-5-13(6-4-12)24-10-17(22)25-9-16(21)20-15-7-2-11(19)8-14(15)18/h2-8H,9-10H2,1H3,(H,20,21). The molecule has 0 saturated carbocycles. The maximum atomic E-state index is 12.9. The summed E-state index contributed by atoms with van der Waals surface area (Å²) in [6, 6.07) is 10.2. The number of hydrogen-bond donors (Lipinski definition) is 1. The molecule has 0 aliphatic rings. The molecule has 0 bridgehead atoms. The highest BCUT2D eigenvalue weighted by Crippen LogP contribution is 2.22. The summed E-state index contributed by atoms with van der Waals surface area (Å²) in [4.78, 5) is 23.3. The summed E-state index contributed by atoms with van der Waals surface area (Å²) in [5.74, 6) is -0.723. The van der Waals surface area contributed by atoms with E-state index in [-0.39, 0.29) is 17.3 Å². The van der Waals surface area contributed by atoms with Gasteiger partial charge in [-0.1, -0.05) is 11.6 Å². The van der Waals surface area contributed by atoms with Crippen LogP contribution in [0.3, 0.4) is 0 Å². The molecule has 0 saturated heterocycles. The highest BCUT2D eigenvalue weighted by molar-refractivity contribution is 6.33. The number of anilines is 1. The Balaban J connectivity index is 1.74. The number of nitrogens with one attached hydrogen (secondary N) is 1. The summed E-state index contributed by atoms with van der Waals surface area (Å²) in [5.41, 5.74) is 0.221. The second-order valence-electron chi connectivity index (χ2n) is 4.80.